The molecule has 0 spiro atoms. The minimum atomic E-state index is -0.757. The van der Waals surface area contributed by atoms with E-state index >= 15 is 0 Å². The molecule has 1 saturated carbocycles. The Hall–Kier alpha value is -1.30. The number of amides is 1. The van der Waals surface area contributed by atoms with E-state index < -0.39 is 5.41 Å². The van der Waals surface area contributed by atoms with Gasteiger partial charge in [-0.1, -0.05) is 18.0 Å². The third-order valence-electron chi connectivity index (χ3n) is 5.91. The summed E-state index contributed by atoms with van der Waals surface area (Å²) in [6.45, 7) is 0. The van der Waals surface area contributed by atoms with Crippen LogP contribution in [0, 0.1) is 5.41 Å². The van der Waals surface area contributed by atoms with Crippen LogP contribution < -0.4 is 11.1 Å². The van der Waals surface area contributed by atoms with Crippen LogP contribution in [0.1, 0.15) is 51.4 Å². The lowest BCUT2D eigenvalue weighted by Gasteiger charge is -2.48. The number of nitrogens with zero attached hydrogens (tertiary/aromatic N) is 2. The fourth-order valence-corrected chi connectivity index (χ4v) is 4.28. The van der Waals surface area contributed by atoms with Crippen molar-refractivity contribution < 1.29 is 10.0 Å². The van der Waals surface area contributed by atoms with Gasteiger partial charge in [-0.2, -0.15) is 0 Å². The zero-order valence-electron chi connectivity index (χ0n) is 12.7. The molecule has 2 aliphatic heterocycles. The Bertz CT molecular complexity index is 433. The first-order valence-corrected chi connectivity index (χ1v) is 8.08. The molecular formula is C15H26N4O2. The summed E-state index contributed by atoms with van der Waals surface area (Å²) >= 11 is 0. The summed E-state index contributed by atoms with van der Waals surface area (Å²) in [5, 5.41) is 15.2. The van der Waals surface area contributed by atoms with Crippen molar-refractivity contribution in [3.63, 3.8) is 0 Å². The van der Waals surface area contributed by atoms with Gasteiger partial charge in [0.05, 0.1) is 0 Å². The van der Waals surface area contributed by atoms with Gasteiger partial charge in [-0.25, -0.2) is 0 Å². The monoisotopic (exact) mass is 294 g/mol. The van der Waals surface area contributed by atoms with Gasteiger partial charge in [0.25, 0.3) is 0 Å². The highest BCUT2D eigenvalue weighted by atomic mass is 16.4. The summed E-state index contributed by atoms with van der Waals surface area (Å²) in [5.74, 6) is 0.0241. The zero-order chi connectivity index (χ0) is 15.0. The van der Waals surface area contributed by atoms with Crippen molar-refractivity contribution in [2.24, 2.45) is 16.3 Å². The topological polar surface area (TPSA) is 91.0 Å². The van der Waals surface area contributed by atoms with Gasteiger partial charge in [-0.05, 0) is 45.6 Å². The highest BCUT2D eigenvalue weighted by Gasteiger charge is 2.49. The number of hydrogen-bond acceptors (Lipinski definition) is 4. The molecule has 0 radical (unpaired) electrons. The Labute approximate surface area is 125 Å². The number of amidine groups is 1. The summed E-state index contributed by atoms with van der Waals surface area (Å²) in [6.07, 6.45) is 8.13. The third kappa shape index (κ3) is 2.39. The van der Waals surface area contributed by atoms with Crippen LogP contribution in [0.3, 0.4) is 0 Å². The minimum absolute atomic E-state index is 0.0447. The molecule has 0 aromatic rings. The second-order valence-corrected chi connectivity index (χ2v) is 6.97. The van der Waals surface area contributed by atoms with E-state index in [1.807, 2.05) is 0 Å². The molecule has 6 heteroatoms. The van der Waals surface area contributed by atoms with E-state index in [9.17, 15) is 4.79 Å². The first kappa shape index (κ1) is 14.6. The van der Waals surface area contributed by atoms with Crippen molar-refractivity contribution in [1.29, 1.82) is 0 Å². The lowest BCUT2D eigenvalue weighted by Crippen LogP contribution is -2.60. The molecule has 2 unspecified atom stereocenters. The molecule has 2 atom stereocenters. The Morgan fingerprint density at radius 3 is 2.38 bits per heavy atom. The Balaban J connectivity index is 1.65. The number of fused-ring (bicyclic) bond motifs is 2. The number of piperidine rings is 2. The van der Waals surface area contributed by atoms with Crippen LogP contribution in [0.25, 0.3) is 0 Å². The average Bonchev–Trinajstić information content (AvgIpc) is 2.38. The van der Waals surface area contributed by atoms with Crippen molar-refractivity contribution in [2.45, 2.75) is 69.5 Å². The molecule has 3 fully saturated rings. The molecular weight excluding hydrogens is 268 g/mol. The predicted molar refractivity (Wildman–Crippen MR) is 80.0 cm³/mol. The molecule has 0 aromatic carbocycles. The van der Waals surface area contributed by atoms with E-state index in [-0.39, 0.29) is 17.8 Å². The van der Waals surface area contributed by atoms with Crippen LogP contribution in [0.15, 0.2) is 5.16 Å². The van der Waals surface area contributed by atoms with E-state index in [2.05, 4.69) is 22.4 Å². The Morgan fingerprint density at radius 1 is 1.29 bits per heavy atom. The molecule has 2 heterocycles. The summed E-state index contributed by atoms with van der Waals surface area (Å²) in [7, 11) is 2.20. The summed E-state index contributed by atoms with van der Waals surface area (Å²) in [5.41, 5.74) is 5.01. The van der Waals surface area contributed by atoms with Gasteiger partial charge < -0.3 is 21.2 Å². The quantitative estimate of drug-likeness (QED) is 0.314. The average molecular weight is 294 g/mol. The number of hydrogen-bond donors (Lipinski definition) is 3. The van der Waals surface area contributed by atoms with Crippen LogP contribution >= 0.6 is 0 Å². The van der Waals surface area contributed by atoms with E-state index in [4.69, 9.17) is 10.9 Å². The van der Waals surface area contributed by atoms with Crippen LogP contribution in [-0.2, 0) is 4.79 Å². The van der Waals surface area contributed by atoms with Gasteiger partial charge in [-0.3, -0.25) is 4.79 Å². The van der Waals surface area contributed by atoms with Gasteiger partial charge in [0.1, 0.15) is 5.41 Å². The number of carbonyl (C=O) groups is 1. The SMILES string of the molecule is CN1C2CCCC1CC(NC(=O)C1(C(N)=NO)CCC1)C2. The molecule has 0 aromatic heterocycles. The van der Waals surface area contributed by atoms with E-state index in [0.717, 1.165) is 19.3 Å². The maximum Gasteiger partial charge on any atom is 0.234 e. The van der Waals surface area contributed by atoms with Gasteiger partial charge in [0, 0.05) is 18.1 Å². The van der Waals surface area contributed by atoms with Crippen LogP contribution in [-0.4, -0.2) is 47.0 Å². The number of oxime groups is 1. The molecule has 118 valence electrons. The maximum absolute atomic E-state index is 12.6. The molecule has 1 aliphatic carbocycles. The van der Waals surface area contributed by atoms with Crippen LogP contribution in [0.5, 0.6) is 0 Å². The molecule has 21 heavy (non-hydrogen) atoms. The normalized spacial score (nSPS) is 35.9. The zero-order valence-corrected chi connectivity index (χ0v) is 12.7. The Kier molecular flexibility index (Phi) is 3.82. The highest BCUT2D eigenvalue weighted by Crippen LogP contribution is 2.42. The maximum atomic E-state index is 12.6. The molecule has 2 bridgehead atoms. The van der Waals surface area contributed by atoms with Crippen molar-refractivity contribution in [2.75, 3.05) is 7.05 Å². The number of carbonyl (C=O) groups excluding carboxylic acids is 1. The van der Waals surface area contributed by atoms with E-state index in [0.29, 0.717) is 24.9 Å². The summed E-state index contributed by atoms with van der Waals surface area (Å²) in [4.78, 5) is 15.1. The largest absolute Gasteiger partial charge is 0.409 e. The molecule has 2 saturated heterocycles. The fourth-order valence-electron chi connectivity index (χ4n) is 4.28. The third-order valence-corrected chi connectivity index (χ3v) is 5.91. The second-order valence-electron chi connectivity index (χ2n) is 6.97. The molecule has 3 rings (SSSR count). The van der Waals surface area contributed by atoms with Crippen LogP contribution in [0.2, 0.25) is 0 Å². The number of nitrogens with one attached hydrogen (secondary N) is 1. The number of rotatable bonds is 3. The first-order chi connectivity index (χ1) is 10.1. The number of nitrogens with two attached hydrogens (primary N) is 1. The second kappa shape index (κ2) is 5.48. The van der Waals surface area contributed by atoms with Crippen LogP contribution in [0.4, 0.5) is 0 Å². The lowest BCUT2D eigenvalue weighted by molar-refractivity contribution is -0.132. The standard InChI is InChI=1S/C15H26N4O2/c1-19-11-4-2-5-12(19)9-10(8-11)17-14(20)15(6-3-7-15)13(16)18-21/h10-12,21H,2-9H2,1H3,(H2,16,18)(H,17,20). The lowest BCUT2D eigenvalue weighted by atomic mass is 9.67. The van der Waals surface area contributed by atoms with E-state index in [1.165, 1.54) is 19.3 Å². The van der Waals surface area contributed by atoms with Crippen molar-refractivity contribution in [1.82, 2.24) is 10.2 Å². The molecule has 4 N–H and O–H groups in total. The summed E-state index contributed by atoms with van der Waals surface area (Å²) < 4.78 is 0. The smallest absolute Gasteiger partial charge is 0.234 e. The first-order valence-electron chi connectivity index (χ1n) is 8.08. The fraction of sp³-hybridized carbons (Fsp3) is 0.867. The van der Waals surface area contributed by atoms with Crippen molar-refractivity contribution >= 4 is 11.7 Å². The van der Waals surface area contributed by atoms with Gasteiger partial charge in [0.15, 0.2) is 5.84 Å². The molecule has 1 amide bonds. The summed E-state index contributed by atoms with van der Waals surface area (Å²) in [6, 6.07) is 1.40. The van der Waals surface area contributed by atoms with Gasteiger partial charge >= 0.3 is 0 Å². The Morgan fingerprint density at radius 2 is 1.90 bits per heavy atom. The molecule has 6 nitrogen and oxygen atoms in total. The minimum Gasteiger partial charge on any atom is -0.409 e. The predicted octanol–water partition coefficient (Wildman–Crippen LogP) is 1.03. The van der Waals surface area contributed by atoms with Gasteiger partial charge in [-0.15, -0.1) is 0 Å². The highest BCUT2D eigenvalue weighted by molar-refractivity contribution is 6.07. The molecule has 3 aliphatic rings. The van der Waals surface area contributed by atoms with E-state index in [1.54, 1.807) is 0 Å². The van der Waals surface area contributed by atoms with Crippen molar-refractivity contribution in [3.8, 4) is 0 Å². The van der Waals surface area contributed by atoms with Crippen molar-refractivity contribution in [3.05, 3.63) is 0 Å². The van der Waals surface area contributed by atoms with Gasteiger partial charge in [0.2, 0.25) is 5.91 Å².